The van der Waals surface area contributed by atoms with Crippen LogP contribution in [0, 0.1) is 0 Å². The maximum absolute atomic E-state index is 12.3. The minimum Gasteiger partial charge on any atom is -0.386 e. The number of halogens is 1. The lowest BCUT2D eigenvalue weighted by atomic mass is 10.0. The Labute approximate surface area is 123 Å². The Kier molecular flexibility index (Phi) is 6.41. The zero-order chi connectivity index (χ0) is 13.7. The number of hydrogen-bond donors (Lipinski definition) is 2. The quantitative estimate of drug-likeness (QED) is 0.765. The Hall–Kier alpha value is -1.66. The molecule has 0 radical (unpaired) electrons. The van der Waals surface area contributed by atoms with Crippen LogP contribution in [0.3, 0.4) is 0 Å². The summed E-state index contributed by atoms with van der Waals surface area (Å²) in [6.45, 7) is 1.36. The van der Waals surface area contributed by atoms with Crippen LogP contribution in [-0.2, 0) is 9.59 Å². The fraction of sp³-hybridized carbons (Fsp3) is 0.462. The topological polar surface area (TPSA) is 82.5 Å². The van der Waals surface area contributed by atoms with Crippen molar-refractivity contribution in [1.29, 1.82) is 0 Å². The lowest BCUT2D eigenvalue weighted by Crippen LogP contribution is -2.48. The molecule has 0 bridgehead atoms. The smallest absolute Gasteiger partial charge is 0.248 e. The van der Waals surface area contributed by atoms with E-state index in [-0.39, 0.29) is 18.3 Å². The number of aromatic nitrogens is 1. The Morgan fingerprint density at radius 3 is 2.50 bits per heavy atom. The summed E-state index contributed by atoms with van der Waals surface area (Å²) in [4.78, 5) is 28.5. The lowest BCUT2D eigenvalue weighted by Gasteiger charge is -2.26. The zero-order valence-electron chi connectivity index (χ0n) is 10.9. The number of carbonyl (C=O) groups is 2. The first-order chi connectivity index (χ1) is 9.24. The van der Waals surface area contributed by atoms with Crippen LogP contribution < -0.4 is 5.32 Å². The van der Waals surface area contributed by atoms with E-state index < -0.39 is 12.1 Å². The second-order valence-electron chi connectivity index (χ2n) is 4.52. The summed E-state index contributed by atoms with van der Waals surface area (Å²) < 4.78 is 0. The molecule has 0 aromatic carbocycles. The van der Waals surface area contributed by atoms with E-state index in [4.69, 9.17) is 0 Å². The first kappa shape index (κ1) is 16.4. The highest BCUT2D eigenvalue weighted by Crippen LogP contribution is 2.19. The minimum absolute atomic E-state index is 0. The van der Waals surface area contributed by atoms with E-state index in [1.807, 2.05) is 0 Å². The van der Waals surface area contributed by atoms with Gasteiger partial charge in [0.2, 0.25) is 12.3 Å². The van der Waals surface area contributed by atoms with Crippen LogP contribution in [0.1, 0.15) is 24.5 Å². The summed E-state index contributed by atoms with van der Waals surface area (Å²) in [5.41, 5.74) is 0.557. The molecule has 0 aliphatic carbocycles. The van der Waals surface area contributed by atoms with Gasteiger partial charge in [0.05, 0.1) is 0 Å². The number of amides is 2. The highest BCUT2D eigenvalue weighted by molar-refractivity contribution is 5.85. The van der Waals surface area contributed by atoms with Gasteiger partial charge in [0, 0.05) is 25.5 Å². The fourth-order valence-electron chi connectivity index (χ4n) is 2.26. The molecule has 1 aromatic rings. The molecule has 2 amide bonds. The lowest BCUT2D eigenvalue weighted by molar-refractivity contribution is -0.137. The fourth-order valence-corrected chi connectivity index (χ4v) is 2.26. The van der Waals surface area contributed by atoms with Crippen molar-refractivity contribution in [3.63, 3.8) is 0 Å². The van der Waals surface area contributed by atoms with E-state index in [0.717, 1.165) is 12.8 Å². The summed E-state index contributed by atoms with van der Waals surface area (Å²) >= 11 is 0. The third-order valence-electron chi connectivity index (χ3n) is 3.29. The van der Waals surface area contributed by atoms with E-state index in [9.17, 15) is 14.7 Å². The van der Waals surface area contributed by atoms with Crippen molar-refractivity contribution < 1.29 is 14.7 Å². The molecule has 2 heterocycles. The molecule has 1 aromatic heterocycles. The second kappa shape index (κ2) is 7.81. The summed E-state index contributed by atoms with van der Waals surface area (Å²) in [6.07, 6.45) is 4.38. The third kappa shape index (κ3) is 3.68. The summed E-state index contributed by atoms with van der Waals surface area (Å²) in [7, 11) is 0. The Bertz CT molecular complexity index is 438. The molecule has 1 fully saturated rings. The van der Waals surface area contributed by atoms with Gasteiger partial charge in [-0.2, -0.15) is 0 Å². The van der Waals surface area contributed by atoms with Gasteiger partial charge >= 0.3 is 0 Å². The van der Waals surface area contributed by atoms with Crippen LogP contribution >= 0.6 is 12.4 Å². The standard InChI is InChI=1S/C13H17N3O3.ClH/c17-9-15-11(13(19)16-7-1-2-8-16)12(18)10-3-5-14-6-4-10;/h3-6,9,11-12,18H,1-2,7-8H2,(H,15,17);1H/t11-,12+;/m1./s1. The molecule has 110 valence electrons. The van der Waals surface area contributed by atoms with Gasteiger partial charge in [-0.25, -0.2) is 0 Å². The molecule has 1 aliphatic rings. The normalized spacial score (nSPS) is 16.9. The maximum Gasteiger partial charge on any atom is 0.248 e. The number of rotatable bonds is 5. The van der Waals surface area contributed by atoms with Crippen LogP contribution in [0.25, 0.3) is 0 Å². The second-order valence-corrected chi connectivity index (χ2v) is 4.52. The largest absolute Gasteiger partial charge is 0.386 e. The molecule has 20 heavy (non-hydrogen) atoms. The molecule has 1 aliphatic heterocycles. The number of likely N-dealkylation sites (tertiary alicyclic amines) is 1. The molecule has 0 saturated carbocycles. The van der Waals surface area contributed by atoms with E-state index in [1.54, 1.807) is 17.0 Å². The van der Waals surface area contributed by atoms with Crippen LogP contribution in [0.15, 0.2) is 24.5 Å². The number of nitrogens with zero attached hydrogens (tertiary/aromatic N) is 2. The van der Waals surface area contributed by atoms with E-state index >= 15 is 0 Å². The Morgan fingerprint density at radius 2 is 1.95 bits per heavy atom. The van der Waals surface area contributed by atoms with Crippen molar-refractivity contribution in [2.45, 2.75) is 25.0 Å². The molecule has 2 atom stereocenters. The molecule has 0 unspecified atom stereocenters. The number of hydrogen-bond acceptors (Lipinski definition) is 4. The van der Waals surface area contributed by atoms with Gasteiger partial charge in [0.1, 0.15) is 12.1 Å². The molecular weight excluding hydrogens is 282 g/mol. The van der Waals surface area contributed by atoms with E-state index in [0.29, 0.717) is 25.1 Å². The first-order valence-corrected chi connectivity index (χ1v) is 6.30. The highest BCUT2D eigenvalue weighted by atomic mass is 35.5. The number of carbonyl (C=O) groups excluding carboxylic acids is 2. The molecule has 6 nitrogen and oxygen atoms in total. The average Bonchev–Trinajstić information content (AvgIpc) is 2.98. The number of aliphatic hydroxyl groups is 1. The Morgan fingerprint density at radius 1 is 1.35 bits per heavy atom. The van der Waals surface area contributed by atoms with Gasteiger partial charge < -0.3 is 15.3 Å². The maximum atomic E-state index is 12.3. The predicted molar refractivity (Wildman–Crippen MR) is 75.2 cm³/mol. The van der Waals surface area contributed by atoms with Crippen molar-refractivity contribution in [2.75, 3.05) is 13.1 Å². The summed E-state index contributed by atoms with van der Waals surface area (Å²) in [5, 5.41) is 12.7. The van der Waals surface area contributed by atoms with Gasteiger partial charge in [-0.05, 0) is 30.5 Å². The Balaban J connectivity index is 0.00000200. The molecule has 1 saturated heterocycles. The number of pyridine rings is 1. The van der Waals surface area contributed by atoms with Gasteiger partial charge in [0.25, 0.3) is 0 Å². The van der Waals surface area contributed by atoms with Crippen LogP contribution in [0.4, 0.5) is 0 Å². The minimum atomic E-state index is -1.07. The highest BCUT2D eigenvalue weighted by Gasteiger charge is 2.32. The van der Waals surface area contributed by atoms with Gasteiger partial charge in [-0.1, -0.05) is 0 Å². The number of nitrogens with one attached hydrogen (secondary N) is 1. The molecule has 2 rings (SSSR count). The monoisotopic (exact) mass is 299 g/mol. The molecule has 2 N–H and O–H groups in total. The van der Waals surface area contributed by atoms with Crippen molar-refractivity contribution in [3.8, 4) is 0 Å². The SMILES string of the molecule is Cl.O=CN[C@@H](C(=O)N1CCCC1)[C@@H](O)c1ccncc1. The van der Waals surface area contributed by atoms with Crippen molar-refractivity contribution in [2.24, 2.45) is 0 Å². The third-order valence-corrected chi connectivity index (χ3v) is 3.29. The van der Waals surface area contributed by atoms with Crippen LogP contribution in [0.2, 0.25) is 0 Å². The van der Waals surface area contributed by atoms with E-state index in [2.05, 4.69) is 10.3 Å². The summed E-state index contributed by atoms with van der Waals surface area (Å²) in [6, 6.07) is 2.31. The zero-order valence-corrected chi connectivity index (χ0v) is 11.8. The van der Waals surface area contributed by atoms with Crippen LogP contribution in [-0.4, -0.2) is 46.4 Å². The average molecular weight is 300 g/mol. The van der Waals surface area contributed by atoms with Crippen LogP contribution in [0.5, 0.6) is 0 Å². The molecule has 7 heteroatoms. The van der Waals surface area contributed by atoms with Gasteiger partial charge in [0.15, 0.2) is 0 Å². The first-order valence-electron chi connectivity index (χ1n) is 6.30. The number of aliphatic hydroxyl groups excluding tert-OH is 1. The van der Waals surface area contributed by atoms with Gasteiger partial charge in [-0.15, -0.1) is 12.4 Å². The van der Waals surface area contributed by atoms with Crippen molar-refractivity contribution in [3.05, 3.63) is 30.1 Å². The summed E-state index contributed by atoms with van der Waals surface area (Å²) in [5.74, 6) is -0.242. The van der Waals surface area contributed by atoms with Crippen molar-refractivity contribution >= 4 is 24.7 Å². The predicted octanol–water partition coefficient (Wildman–Crippen LogP) is 0.274. The molecule has 0 spiro atoms. The molecular formula is C13H18ClN3O3. The van der Waals surface area contributed by atoms with E-state index in [1.165, 1.54) is 12.4 Å². The van der Waals surface area contributed by atoms with Crippen molar-refractivity contribution in [1.82, 2.24) is 15.2 Å². The van der Waals surface area contributed by atoms with Gasteiger partial charge in [-0.3, -0.25) is 14.6 Å².